The molecule has 2 aliphatic heterocycles. The fraction of sp³-hybridized carbons (Fsp3) is 0.300. The Morgan fingerprint density at radius 3 is 2.24 bits per heavy atom. The molecule has 4 rings (SSSR count). The van der Waals surface area contributed by atoms with Crippen molar-refractivity contribution < 1.29 is 23.8 Å². The van der Waals surface area contributed by atoms with E-state index < -0.39 is 35.5 Å². The largest absolute Gasteiger partial charge is 0.469 e. The summed E-state index contributed by atoms with van der Waals surface area (Å²) in [5.74, 6) is -2.48. The van der Waals surface area contributed by atoms with Crippen LogP contribution in [0.1, 0.15) is 22.8 Å². The lowest BCUT2D eigenvalue weighted by Crippen LogP contribution is -2.44. The second kappa shape index (κ2) is 5.70. The number of fused-ring (bicyclic) bond motifs is 5. The molecule has 1 saturated heterocycles. The highest BCUT2D eigenvalue weighted by atomic mass is 16.6. The first-order valence-corrected chi connectivity index (χ1v) is 8.13. The van der Waals surface area contributed by atoms with Crippen molar-refractivity contribution in [2.24, 2.45) is 11.8 Å². The maximum atomic E-state index is 12.7. The van der Waals surface area contributed by atoms with Crippen molar-refractivity contribution in [2.45, 2.75) is 11.7 Å². The molecule has 0 spiro atoms. The molecule has 0 amide bonds. The predicted molar refractivity (Wildman–Crippen MR) is 88.5 cm³/mol. The summed E-state index contributed by atoms with van der Waals surface area (Å²) in [7, 11) is 2.65. The molecule has 0 N–H and O–H groups in total. The number of methoxy groups -OCH3 is 2. The Labute approximate surface area is 145 Å². The number of carbonyl (C=O) groups excluding carboxylic acids is 2. The summed E-state index contributed by atoms with van der Waals surface area (Å²) in [4.78, 5) is 25.2. The van der Waals surface area contributed by atoms with Crippen LogP contribution in [0, 0.1) is 11.8 Å². The highest BCUT2D eigenvalue weighted by molar-refractivity contribution is 5.87. The number of carbonyl (C=O) groups is 2. The van der Waals surface area contributed by atoms with Crippen molar-refractivity contribution in [2.75, 3.05) is 14.2 Å². The van der Waals surface area contributed by atoms with Crippen LogP contribution in [0.5, 0.6) is 0 Å². The van der Waals surface area contributed by atoms with Gasteiger partial charge in [0.1, 0.15) is 17.4 Å². The topological polar surface area (TPSA) is 61.8 Å². The molecule has 1 fully saturated rings. The van der Waals surface area contributed by atoms with E-state index >= 15 is 0 Å². The van der Waals surface area contributed by atoms with Crippen LogP contribution in [0.4, 0.5) is 0 Å². The van der Waals surface area contributed by atoms with E-state index in [1.807, 2.05) is 54.6 Å². The van der Waals surface area contributed by atoms with Gasteiger partial charge >= 0.3 is 11.9 Å². The zero-order valence-corrected chi connectivity index (χ0v) is 14.0. The second-order valence-electron chi connectivity index (χ2n) is 6.28. The van der Waals surface area contributed by atoms with E-state index in [0.29, 0.717) is 0 Å². The lowest BCUT2D eigenvalue weighted by Gasteiger charge is -2.35. The van der Waals surface area contributed by atoms with Gasteiger partial charge in [-0.15, -0.1) is 0 Å². The van der Waals surface area contributed by atoms with Crippen LogP contribution < -0.4 is 0 Å². The number of benzene rings is 2. The standard InChI is InChI=1S/C20H18O5/c1-23-18(21)15-16(19(22)24-2)20(12-8-4-3-5-9-12)14-11-7-6-10-13(14)17(15)25-20/h3-11,15-17H,1-2H3/t15-,16+,17-,20+/m1/s1. The molecule has 0 radical (unpaired) electrons. The van der Waals surface area contributed by atoms with Crippen molar-refractivity contribution in [1.29, 1.82) is 0 Å². The molecular formula is C20H18O5. The Kier molecular flexibility index (Phi) is 3.62. The smallest absolute Gasteiger partial charge is 0.313 e. The third-order valence-corrected chi connectivity index (χ3v) is 5.23. The first-order chi connectivity index (χ1) is 12.1. The molecule has 25 heavy (non-hydrogen) atoms. The van der Waals surface area contributed by atoms with E-state index in [-0.39, 0.29) is 0 Å². The van der Waals surface area contributed by atoms with E-state index in [4.69, 9.17) is 14.2 Å². The van der Waals surface area contributed by atoms with E-state index in [1.54, 1.807) is 0 Å². The van der Waals surface area contributed by atoms with Crippen LogP contribution in [0.3, 0.4) is 0 Å². The van der Waals surface area contributed by atoms with Crippen molar-refractivity contribution >= 4 is 11.9 Å². The van der Waals surface area contributed by atoms with Gasteiger partial charge in [-0.1, -0.05) is 54.6 Å². The van der Waals surface area contributed by atoms with Gasteiger partial charge in [-0.05, 0) is 16.7 Å². The summed E-state index contributed by atoms with van der Waals surface area (Å²) >= 11 is 0. The van der Waals surface area contributed by atoms with Gasteiger partial charge in [0.05, 0.1) is 20.3 Å². The highest BCUT2D eigenvalue weighted by Crippen LogP contribution is 2.63. The Balaban J connectivity index is 2.00. The molecule has 0 aliphatic carbocycles. The number of hydrogen-bond donors (Lipinski definition) is 0. The monoisotopic (exact) mass is 338 g/mol. The lowest BCUT2D eigenvalue weighted by molar-refractivity contribution is -0.158. The van der Waals surface area contributed by atoms with Crippen LogP contribution in [-0.2, 0) is 29.4 Å². The lowest BCUT2D eigenvalue weighted by atomic mass is 9.66. The zero-order chi connectivity index (χ0) is 17.6. The zero-order valence-electron chi connectivity index (χ0n) is 14.0. The molecule has 2 aromatic carbocycles. The fourth-order valence-corrected chi connectivity index (χ4v) is 4.27. The van der Waals surface area contributed by atoms with Gasteiger partial charge in [0, 0.05) is 0 Å². The van der Waals surface area contributed by atoms with Crippen LogP contribution in [0.25, 0.3) is 0 Å². The molecule has 2 bridgehead atoms. The minimum atomic E-state index is -1.05. The molecule has 5 heteroatoms. The Bertz CT molecular complexity index is 831. The first kappa shape index (κ1) is 15.8. The highest BCUT2D eigenvalue weighted by Gasteiger charge is 2.68. The molecule has 0 aromatic heterocycles. The quantitative estimate of drug-likeness (QED) is 0.805. The van der Waals surface area contributed by atoms with Crippen LogP contribution in [0.15, 0.2) is 54.6 Å². The van der Waals surface area contributed by atoms with Gasteiger partial charge in [-0.25, -0.2) is 0 Å². The maximum absolute atomic E-state index is 12.7. The van der Waals surface area contributed by atoms with Crippen molar-refractivity contribution in [1.82, 2.24) is 0 Å². The second-order valence-corrected chi connectivity index (χ2v) is 6.28. The van der Waals surface area contributed by atoms with Crippen LogP contribution in [-0.4, -0.2) is 26.2 Å². The van der Waals surface area contributed by atoms with Gasteiger partial charge in [0.2, 0.25) is 0 Å². The number of ether oxygens (including phenoxy) is 3. The van der Waals surface area contributed by atoms with E-state index in [0.717, 1.165) is 16.7 Å². The molecule has 5 nitrogen and oxygen atoms in total. The summed E-state index contributed by atoms with van der Waals surface area (Å²) in [6, 6.07) is 17.2. The van der Waals surface area contributed by atoms with E-state index in [1.165, 1.54) is 14.2 Å². The van der Waals surface area contributed by atoms with Gasteiger partial charge in [-0.2, -0.15) is 0 Å². The van der Waals surface area contributed by atoms with E-state index in [2.05, 4.69) is 0 Å². The molecule has 2 aromatic rings. The van der Waals surface area contributed by atoms with Gasteiger partial charge < -0.3 is 14.2 Å². The van der Waals surface area contributed by atoms with Crippen molar-refractivity contribution in [3.05, 3.63) is 71.3 Å². The summed E-state index contributed by atoms with van der Waals surface area (Å²) in [6.45, 7) is 0. The maximum Gasteiger partial charge on any atom is 0.313 e. The van der Waals surface area contributed by atoms with E-state index in [9.17, 15) is 9.59 Å². The van der Waals surface area contributed by atoms with Crippen LogP contribution in [0.2, 0.25) is 0 Å². The Morgan fingerprint density at radius 2 is 1.56 bits per heavy atom. The van der Waals surface area contributed by atoms with Gasteiger partial charge in [0.15, 0.2) is 0 Å². The minimum absolute atomic E-state index is 0.465. The molecule has 128 valence electrons. The molecule has 2 heterocycles. The Morgan fingerprint density at radius 1 is 0.920 bits per heavy atom. The average molecular weight is 338 g/mol. The summed E-state index contributed by atoms with van der Waals surface area (Å²) in [6.07, 6.45) is -0.534. The van der Waals surface area contributed by atoms with Gasteiger partial charge in [-0.3, -0.25) is 9.59 Å². The molecular weight excluding hydrogens is 320 g/mol. The molecule has 0 saturated carbocycles. The summed E-state index contributed by atoms with van der Waals surface area (Å²) in [5, 5.41) is 0. The van der Waals surface area contributed by atoms with Crippen molar-refractivity contribution in [3.63, 3.8) is 0 Å². The minimum Gasteiger partial charge on any atom is -0.469 e. The number of esters is 2. The predicted octanol–water partition coefficient (Wildman–Crippen LogP) is 2.59. The first-order valence-electron chi connectivity index (χ1n) is 8.13. The fourth-order valence-electron chi connectivity index (χ4n) is 4.27. The van der Waals surface area contributed by atoms with Crippen molar-refractivity contribution in [3.8, 4) is 0 Å². The average Bonchev–Trinajstić information content (AvgIpc) is 3.20. The van der Waals surface area contributed by atoms with Gasteiger partial charge in [0.25, 0.3) is 0 Å². The SMILES string of the molecule is COC(=O)[C@H]1[C@@H]2O[C@@](c3ccccc3)(c3ccccc32)[C@@H]1C(=O)OC. The number of rotatable bonds is 3. The van der Waals surface area contributed by atoms with Crippen LogP contribution >= 0.6 is 0 Å². The molecule has 2 aliphatic rings. The number of hydrogen-bond acceptors (Lipinski definition) is 5. The Hall–Kier alpha value is -2.66. The summed E-state index contributed by atoms with van der Waals surface area (Å²) < 4.78 is 16.4. The molecule has 4 atom stereocenters. The normalized spacial score (nSPS) is 29.1. The molecule has 0 unspecified atom stereocenters. The third-order valence-electron chi connectivity index (χ3n) is 5.23. The third kappa shape index (κ3) is 1.99. The summed E-state index contributed by atoms with van der Waals surface area (Å²) in [5.41, 5.74) is 1.60.